The van der Waals surface area contributed by atoms with Crippen LogP contribution in [0.2, 0.25) is 0 Å². The predicted octanol–water partition coefficient (Wildman–Crippen LogP) is 2.53. The molecule has 0 spiro atoms. The Morgan fingerprint density at radius 3 is 1.86 bits per heavy atom. The molecule has 1 N–H and O–H groups in total. The van der Waals surface area contributed by atoms with Crippen LogP contribution in [0.4, 0.5) is 17.6 Å². The van der Waals surface area contributed by atoms with E-state index in [0.717, 1.165) is 0 Å². The van der Waals surface area contributed by atoms with E-state index in [1.807, 2.05) is 0 Å². The van der Waals surface area contributed by atoms with E-state index < -0.39 is 28.1 Å². The molecule has 0 radical (unpaired) electrons. The lowest BCUT2D eigenvalue weighted by Gasteiger charge is -2.30. The number of hydrogen-bond acceptors (Lipinski definition) is 4. The van der Waals surface area contributed by atoms with E-state index in [1.165, 1.54) is 0 Å². The van der Waals surface area contributed by atoms with Crippen LogP contribution in [-0.2, 0) is 19.6 Å². The average Bonchev–Trinajstić information content (AvgIpc) is 2.37. The molecule has 1 saturated carbocycles. The number of halogens is 4. The van der Waals surface area contributed by atoms with Crippen LogP contribution in [0, 0.1) is 11.8 Å². The highest BCUT2D eigenvalue weighted by molar-refractivity contribution is 7.86. The zero-order valence-corrected chi connectivity index (χ0v) is 12.2. The maximum atomic E-state index is 13.1. The standard InChI is InChI=1S/C11H18F4O5S/c1-19-6-8-2-4-9(5-3-8)7-20-10(12,13)11(14,15)21(16,17)18/h8-9H,2-7H2,1H3,(H,16,17,18). The van der Waals surface area contributed by atoms with Gasteiger partial charge in [0.2, 0.25) is 0 Å². The second-order valence-electron chi connectivity index (χ2n) is 5.16. The van der Waals surface area contributed by atoms with Crippen LogP contribution in [0.3, 0.4) is 0 Å². The van der Waals surface area contributed by atoms with Crippen molar-refractivity contribution in [2.75, 3.05) is 20.3 Å². The van der Waals surface area contributed by atoms with Gasteiger partial charge < -0.3 is 9.47 Å². The van der Waals surface area contributed by atoms with Crippen molar-refractivity contribution in [3.05, 3.63) is 0 Å². The maximum absolute atomic E-state index is 13.1. The van der Waals surface area contributed by atoms with Crippen molar-refractivity contribution in [3.8, 4) is 0 Å². The SMILES string of the molecule is COCC1CCC(COC(F)(F)C(F)(F)S(=O)(=O)O)CC1. The number of methoxy groups -OCH3 is 1. The highest BCUT2D eigenvalue weighted by atomic mass is 32.2. The summed E-state index contributed by atoms with van der Waals surface area (Å²) in [4.78, 5) is 0. The van der Waals surface area contributed by atoms with Gasteiger partial charge in [-0.15, -0.1) is 0 Å². The summed E-state index contributed by atoms with van der Waals surface area (Å²) in [6.45, 7) is -0.150. The molecule has 1 aliphatic rings. The molecule has 126 valence electrons. The van der Waals surface area contributed by atoms with Crippen LogP contribution < -0.4 is 0 Å². The molecule has 0 saturated heterocycles. The monoisotopic (exact) mass is 338 g/mol. The van der Waals surface area contributed by atoms with Crippen molar-refractivity contribution in [3.63, 3.8) is 0 Å². The third-order valence-corrected chi connectivity index (χ3v) is 4.42. The maximum Gasteiger partial charge on any atom is 0.459 e. The van der Waals surface area contributed by atoms with Gasteiger partial charge in [-0.05, 0) is 37.5 Å². The van der Waals surface area contributed by atoms with E-state index in [9.17, 15) is 26.0 Å². The zero-order chi connectivity index (χ0) is 16.3. The second-order valence-corrected chi connectivity index (χ2v) is 6.62. The van der Waals surface area contributed by atoms with Gasteiger partial charge in [-0.1, -0.05) is 0 Å². The molecule has 0 unspecified atom stereocenters. The Morgan fingerprint density at radius 2 is 1.48 bits per heavy atom. The smallest absolute Gasteiger partial charge is 0.384 e. The van der Waals surface area contributed by atoms with Crippen molar-refractivity contribution < 1.29 is 40.0 Å². The van der Waals surface area contributed by atoms with Gasteiger partial charge in [-0.3, -0.25) is 4.55 Å². The van der Waals surface area contributed by atoms with Crippen LogP contribution in [0.25, 0.3) is 0 Å². The molecular formula is C11H18F4O5S. The van der Waals surface area contributed by atoms with E-state index in [1.54, 1.807) is 7.11 Å². The van der Waals surface area contributed by atoms with Gasteiger partial charge in [0.15, 0.2) is 0 Å². The first kappa shape index (κ1) is 18.6. The van der Waals surface area contributed by atoms with E-state index in [-0.39, 0.29) is 5.92 Å². The molecule has 1 rings (SSSR count). The van der Waals surface area contributed by atoms with Crippen LogP contribution in [0.5, 0.6) is 0 Å². The molecule has 0 aromatic heterocycles. The Hall–Kier alpha value is -0.450. The minimum Gasteiger partial charge on any atom is -0.384 e. The highest BCUT2D eigenvalue weighted by Crippen LogP contribution is 2.40. The number of ether oxygens (including phenoxy) is 2. The molecule has 1 aliphatic carbocycles. The van der Waals surface area contributed by atoms with E-state index in [4.69, 9.17) is 9.29 Å². The Kier molecular flexibility index (Phi) is 5.99. The van der Waals surface area contributed by atoms with Crippen LogP contribution >= 0.6 is 0 Å². The summed E-state index contributed by atoms with van der Waals surface area (Å²) < 4.78 is 89.6. The molecule has 0 heterocycles. The van der Waals surface area contributed by atoms with Crippen LogP contribution in [0.1, 0.15) is 25.7 Å². The molecule has 0 aromatic rings. The third-order valence-electron chi connectivity index (χ3n) is 3.53. The topological polar surface area (TPSA) is 72.8 Å². The fourth-order valence-electron chi connectivity index (χ4n) is 2.26. The fourth-order valence-corrected chi connectivity index (χ4v) is 2.62. The summed E-state index contributed by atoms with van der Waals surface area (Å²) in [5.74, 6) is -0.0628. The fraction of sp³-hybridized carbons (Fsp3) is 1.00. The Morgan fingerprint density at radius 1 is 1.05 bits per heavy atom. The van der Waals surface area contributed by atoms with Gasteiger partial charge >= 0.3 is 21.5 Å². The lowest BCUT2D eigenvalue weighted by Crippen LogP contribution is -2.49. The van der Waals surface area contributed by atoms with Crippen LogP contribution in [-0.4, -0.2) is 44.7 Å². The van der Waals surface area contributed by atoms with Gasteiger partial charge in [0.25, 0.3) is 0 Å². The number of alkyl halides is 4. The molecule has 0 atom stereocenters. The molecule has 0 amide bonds. The summed E-state index contributed by atoms with van der Waals surface area (Å²) >= 11 is 0. The largest absolute Gasteiger partial charge is 0.459 e. The minimum absolute atomic E-state index is 0.297. The molecule has 10 heteroatoms. The molecule has 0 bridgehead atoms. The van der Waals surface area contributed by atoms with Gasteiger partial charge in [0.05, 0.1) is 6.61 Å². The van der Waals surface area contributed by atoms with Gasteiger partial charge in [0, 0.05) is 13.7 Å². The normalized spacial score (nSPS) is 25.0. The molecule has 1 fully saturated rings. The summed E-state index contributed by atoms with van der Waals surface area (Å²) in [7, 11) is -4.71. The van der Waals surface area contributed by atoms with Gasteiger partial charge in [-0.2, -0.15) is 26.0 Å². The number of rotatable bonds is 7. The minimum atomic E-state index is -6.25. The molecule has 0 aromatic carbocycles. The quantitative estimate of drug-likeness (QED) is 0.570. The van der Waals surface area contributed by atoms with Gasteiger partial charge in [0.1, 0.15) is 0 Å². The predicted molar refractivity (Wildman–Crippen MR) is 64.7 cm³/mol. The lowest BCUT2D eigenvalue weighted by molar-refractivity contribution is -0.322. The Balaban J connectivity index is 2.52. The Labute approximate surface area is 120 Å². The van der Waals surface area contributed by atoms with Crippen molar-refractivity contribution in [2.45, 2.75) is 37.0 Å². The van der Waals surface area contributed by atoms with Crippen LogP contribution in [0.15, 0.2) is 0 Å². The molecular weight excluding hydrogens is 320 g/mol. The summed E-state index contributed by atoms with van der Waals surface area (Å²) in [5, 5.41) is -5.67. The molecule has 21 heavy (non-hydrogen) atoms. The Bertz CT molecular complexity index is 432. The first-order chi connectivity index (χ1) is 9.51. The van der Waals surface area contributed by atoms with Crippen molar-refractivity contribution in [1.82, 2.24) is 0 Å². The summed E-state index contributed by atoms with van der Waals surface area (Å²) in [6.07, 6.45) is -2.88. The summed E-state index contributed by atoms with van der Waals surface area (Å²) in [5.41, 5.74) is 0. The van der Waals surface area contributed by atoms with Crippen molar-refractivity contribution in [2.24, 2.45) is 11.8 Å². The number of hydrogen-bond donors (Lipinski definition) is 1. The molecule has 5 nitrogen and oxygen atoms in total. The van der Waals surface area contributed by atoms with Gasteiger partial charge in [-0.25, -0.2) is 0 Å². The summed E-state index contributed by atoms with van der Waals surface area (Å²) in [6, 6.07) is 0. The highest BCUT2D eigenvalue weighted by Gasteiger charge is 2.67. The first-order valence-corrected chi connectivity index (χ1v) is 7.81. The van der Waals surface area contributed by atoms with Crippen molar-refractivity contribution >= 4 is 10.1 Å². The zero-order valence-electron chi connectivity index (χ0n) is 11.4. The lowest BCUT2D eigenvalue weighted by atomic mass is 9.83. The first-order valence-electron chi connectivity index (χ1n) is 6.37. The van der Waals surface area contributed by atoms with E-state index in [2.05, 4.69) is 4.74 Å². The second kappa shape index (κ2) is 6.76. The average molecular weight is 338 g/mol. The van der Waals surface area contributed by atoms with E-state index >= 15 is 0 Å². The molecule has 0 aliphatic heterocycles. The third kappa shape index (κ3) is 4.51. The van der Waals surface area contributed by atoms with Crippen molar-refractivity contribution in [1.29, 1.82) is 0 Å². The van der Waals surface area contributed by atoms with E-state index in [0.29, 0.717) is 38.2 Å².